The Morgan fingerprint density at radius 1 is 1.50 bits per heavy atom. The Hall–Kier alpha value is -1.67. The third-order valence-corrected chi connectivity index (χ3v) is 4.88. The molecule has 1 aliphatic rings. The van der Waals surface area contributed by atoms with Crippen molar-refractivity contribution in [1.82, 2.24) is 0 Å². The third kappa shape index (κ3) is 3.26. The molecule has 1 aromatic carbocycles. The molecule has 1 aromatic rings. The molecule has 2 rings (SSSR count). The molecule has 2 atom stereocenters. The van der Waals surface area contributed by atoms with Gasteiger partial charge in [0.2, 0.25) is 0 Å². The zero-order valence-corrected chi connectivity index (χ0v) is 11.7. The molecule has 7 nitrogen and oxygen atoms in total. The van der Waals surface area contributed by atoms with Gasteiger partial charge >= 0.3 is 0 Å². The van der Waals surface area contributed by atoms with Gasteiger partial charge in [0.25, 0.3) is 5.69 Å². The molecule has 1 aliphatic heterocycles. The van der Waals surface area contributed by atoms with E-state index in [0.29, 0.717) is 6.42 Å². The molecule has 20 heavy (non-hydrogen) atoms. The minimum absolute atomic E-state index is 0.0662. The summed E-state index contributed by atoms with van der Waals surface area (Å²) in [6.07, 6.45) is -1.03. The Morgan fingerprint density at radius 3 is 2.70 bits per heavy atom. The van der Waals surface area contributed by atoms with Crippen LogP contribution in [0.5, 0.6) is 5.75 Å². The highest BCUT2D eigenvalue weighted by Gasteiger charge is 2.30. The molecule has 1 fully saturated rings. The lowest BCUT2D eigenvalue weighted by Gasteiger charge is -2.17. The first-order valence-electron chi connectivity index (χ1n) is 6.12. The SMILES string of the molecule is CC(O)c1cc([N+](=O)[O-])ccc1OC1CCS(=O)(=O)C1. The number of nitro benzene ring substituents is 1. The van der Waals surface area contributed by atoms with Gasteiger partial charge in [0.15, 0.2) is 9.84 Å². The molecule has 0 aromatic heterocycles. The highest BCUT2D eigenvalue weighted by Crippen LogP contribution is 2.31. The molecule has 0 amide bonds. The van der Waals surface area contributed by atoms with Gasteiger partial charge in [-0.2, -0.15) is 0 Å². The number of benzene rings is 1. The summed E-state index contributed by atoms with van der Waals surface area (Å²) >= 11 is 0. The molecule has 0 spiro atoms. The summed E-state index contributed by atoms with van der Waals surface area (Å²) in [6.45, 7) is 1.47. The summed E-state index contributed by atoms with van der Waals surface area (Å²) in [4.78, 5) is 10.2. The fourth-order valence-electron chi connectivity index (χ4n) is 2.12. The number of non-ortho nitro benzene ring substituents is 1. The van der Waals surface area contributed by atoms with E-state index in [2.05, 4.69) is 0 Å². The smallest absolute Gasteiger partial charge is 0.270 e. The Kier molecular flexibility index (Phi) is 3.96. The maximum absolute atomic E-state index is 11.4. The van der Waals surface area contributed by atoms with E-state index in [1.807, 2.05) is 0 Å². The Balaban J connectivity index is 2.25. The molecule has 0 aliphatic carbocycles. The molecule has 2 unspecified atom stereocenters. The normalized spacial score (nSPS) is 22.4. The van der Waals surface area contributed by atoms with Gasteiger partial charge in [0, 0.05) is 17.7 Å². The first-order valence-corrected chi connectivity index (χ1v) is 7.94. The quantitative estimate of drug-likeness (QED) is 0.661. The molecule has 8 heteroatoms. The largest absolute Gasteiger partial charge is 0.489 e. The second-order valence-corrected chi connectivity index (χ2v) is 7.03. The van der Waals surface area contributed by atoms with E-state index in [0.717, 1.165) is 0 Å². The van der Waals surface area contributed by atoms with Crippen molar-refractivity contribution < 1.29 is 23.2 Å². The van der Waals surface area contributed by atoms with E-state index >= 15 is 0 Å². The van der Waals surface area contributed by atoms with Gasteiger partial charge in [-0.1, -0.05) is 0 Å². The van der Waals surface area contributed by atoms with Crippen molar-refractivity contribution >= 4 is 15.5 Å². The van der Waals surface area contributed by atoms with E-state index in [-0.39, 0.29) is 28.5 Å². The molecule has 1 heterocycles. The van der Waals surface area contributed by atoms with Gasteiger partial charge in [-0.05, 0) is 19.4 Å². The summed E-state index contributed by atoms with van der Waals surface area (Å²) in [6, 6.07) is 3.90. The van der Waals surface area contributed by atoms with Crippen molar-refractivity contribution in [2.24, 2.45) is 0 Å². The first-order chi connectivity index (χ1) is 9.28. The van der Waals surface area contributed by atoms with Crippen LogP contribution < -0.4 is 4.74 Å². The number of rotatable bonds is 4. The number of sulfone groups is 1. The van der Waals surface area contributed by atoms with Crippen molar-refractivity contribution in [1.29, 1.82) is 0 Å². The lowest BCUT2D eigenvalue weighted by molar-refractivity contribution is -0.385. The summed E-state index contributed by atoms with van der Waals surface area (Å²) in [5, 5.41) is 20.4. The molecule has 0 saturated carbocycles. The second kappa shape index (κ2) is 5.37. The van der Waals surface area contributed by atoms with Crippen LogP contribution in [0.3, 0.4) is 0 Å². The van der Waals surface area contributed by atoms with Crippen LogP contribution in [-0.4, -0.2) is 36.1 Å². The number of nitrogens with zero attached hydrogens (tertiary/aromatic N) is 1. The molecule has 1 saturated heterocycles. The minimum Gasteiger partial charge on any atom is -0.489 e. The van der Waals surface area contributed by atoms with Gasteiger partial charge in [0.05, 0.1) is 22.5 Å². The number of ether oxygens (including phenoxy) is 1. The van der Waals surface area contributed by atoms with Crippen molar-refractivity contribution in [3.05, 3.63) is 33.9 Å². The van der Waals surface area contributed by atoms with Crippen LogP contribution in [0.1, 0.15) is 25.0 Å². The molecule has 1 N–H and O–H groups in total. The fourth-order valence-corrected chi connectivity index (χ4v) is 3.71. The average molecular weight is 301 g/mol. The zero-order chi connectivity index (χ0) is 14.9. The van der Waals surface area contributed by atoms with Crippen molar-refractivity contribution in [2.75, 3.05) is 11.5 Å². The molecular formula is C12H15NO6S. The maximum atomic E-state index is 11.4. The molecule has 0 radical (unpaired) electrons. The van der Waals surface area contributed by atoms with Crippen molar-refractivity contribution in [3.63, 3.8) is 0 Å². The number of aliphatic hydroxyl groups excluding tert-OH is 1. The lowest BCUT2D eigenvalue weighted by atomic mass is 10.1. The van der Waals surface area contributed by atoms with Crippen LogP contribution in [0.4, 0.5) is 5.69 Å². The standard InChI is InChI=1S/C12H15NO6S/c1-8(14)11-6-9(13(15)16)2-3-12(11)19-10-4-5-20(17,18)7-10/h2-3,6,8,10,14H,4-5,7H2,1H3. The summed E-state index contributed by atoms with van der Waals surface area (Å²) < 4.78 is 28.3. The van der Waals surface area contributed by atoms with Gasteiger partial charge in [-0.3, -0.25) is 10.1 Å². The average Bonchev–Trinajstić information content (AvgIpc) is 2.68. The van der Waals surface area contributed by atoms with Crippen LogP contribution in [0.25, 0.3) is 0 Å². The predicted molar refractivity (Wildman–Crippen MR) is 71.4 cm³/mol. The van der Waals surface area contributed by atoms with Crippen LogP contribution in [0.2, 0.25) is 0 Å². The summed E-state index contributed by atoms with van der Waals surface area (Å²) in [5.41, 5.74) is 0.135. The van der Waals surface area contributed by atoms with Crippen molar-refractivity contribution in [3.8, 4) is 5.75 Å². The zero-order valence-electron chi connectivity index (χ0n) is 10.9. The first kappa shape index (κ1) is 14.7. The molecule has 110 valence electrons. The topological polar surface area (TPSA) is 107 Å². The molecular weight excluding hydrogens is 286 g/mol. The van der Waals surface area contributed by atoms with Crippen LogP contribution in [-0.2, 0) is 9.84 Å². The Labute approximate surface area is 116 Å². The number of aliphatic hydroxyl groups is 1. The highest BCUT2D eigenvalue weighted by molar-refractivity contribution is 7.91. The highest BCUT2D eigenvalue weighted by atomic mass is 32.2. The number of hydrogen-bond acceptors (Lipinski definition) is 6. The third-order valence-electron chi connectivity index (χ3n) is 3.14. The van der Waals surface area contributed by atoms with Gasteiger partial charge < -0.3 is 9.84 Å². The maximum Gasteiger partial charge on any atom is 0.270 e. The number of nitro groups is 1. The van der Waals surface area contributed by atoms with E-state index in [1.54, 1.807) is 0 Å². The second-order valence-electron chi connectivity index (χ2n) is 4.80. The summed E-state index contributed by atoms with van der Waals surface area (Å²) in [7, 11) is -3.07. The van der Waals surface area contributed by atoms with Crippen molar-refractivity contribution in [2.45, 2.75) is 25.6 Å². The van der Waals surface area contributed by atoms with Gasteiger partial charge in [-0.15, -0.1) is 0 Å². The molecule has 0 bridgehead atoms. The van der Waals surface area contributed by atoms with E-state index in [1.165, 1.54) is 25.1 Å². The van der Waals surface area contributed by atoms with Crippen LogP contribution >= 0.6 is 0 Å². The predicted octanol–water partition coefficient (Wildman–Crippen LogP) is 1.21. The Bertz CT molecular complexity index is 625. The monoisotopic (exact) mass is 301 g/mol. The van der Waals surface area contributed by atoms with E-state index in [9.17, 15) is 23.6 Å². The van der Waals surface area contributed by atoms with Gasteiger partial charge in [-0.25, -0.2) is 8.42 Å². The van der Waals surface area contributed by atoms with E-state index in [4.69, 9.17) is 4.74 Å². The van der Waals surface area contributed by atoms with E-state index < -0.39 is 27.0 Å². The summed E-state index contributed by atoms with van der Waals surface area (Å²) in [5.74, 6) is 0.297. The van der Waals surface area contributed by atoms with Crippen LogP contribution in [0.15, 0.2) is 18.2 Å². The van der Waals surface area contributed by atoms with Crippen LogP contribution in [0, 0.1) is 10.1 Å². The Morgan fingerprint density at radius 2 is 2.20 bits per heavy atom. The number of hydrogen-bond donors (Lipinski definition) is 1. The lowest BCUT2D eigenvalue weighted by Crippen LogP contribution is -2.18. The fraction of sp³-hybridized carbons (Fsp3) is 0.500. The van der Waals surface area contributed by atoms with Gasteiger partial charge in [0.1, 0.15) is 11.9 Å². The minimum atomic E-state index is -3.07.